The zero-order chi connectivity index (χ0) is 43.0. The van der Waals surface area contributed by atoms with Crippen LogP contribution in [-0.4, -0.2) is 96.0 Å². The molecule has 17 heteroatoms. The number of aromatic hydroxyl groups is 1. The number of pyridine rings is 6. The molecule has 6 aromatic heterocycles. The molecule has 0 atom stereocenters. The van der Waals surface area contributed by atoms with Crippen molar-refractivity contribution in [2.75, 3.05) is 26.7 Å². The van der Waals surface area contributed by atoms with Crippen LogP contribution >= 0.6 is 23.5 Å². The Morgan fingerprint density at radius 3 is 1.56 bits per heavy atom. The molecule has 0 amide bonds. The number of thioether (sulfide) groups is 2. The fourth-order valence-electron chi connectivity index (χ4n) is 6.93. The lowest BCUT2D eigenvalue weighted by Gasteiger charge is -2.11. The molecule has 0 saturated heterocycles. The topological polar surface area (TPSA) is 214 Å². The van der Waals surface area contributed by atoms with Crippen molar-refractivity contribution in [2.24, 2.45) is 15.5 Å². The van der Waals surface area contributed by atoms with E-state index in [1.807, 2.05) is 61.0 Å². The van der Waals surface area contributed by atoms with Gasteiger partial charge in [-0.3, -0.25) is 15.0 Å². The molecule has 0 unspecified atom stereocenters. The number of nitrogens with zero attached hydrogens (tertiary/aromatic N) is 9. The highest BCUT2D eigenvalue weighted by Gasteiger charge is 2.15. The number of benzene rings is 3. The molecule has 15 nitrogen and oxygen atoms in total. The van der Waals surface area contributed by atoms with Gasteiger partial charge in [-0.05, 0) is 85.7 Å². The first-order valence-electron chi connectivity index (χ1n) is 18.3. The van der Waals surface area contributed by atoms with E-state index in [4.69, 9.17) is 25.1 Å². The van der Waals surface area contributed by atoms with E-state index in [0.29, 0.717) is 39.3 Å². The Morgan fingerprint density at radius 2 is 1.02 bits per heavy atom. The van der Waals surface area contributed by atoms with Gasteiger partial charge in [-0.25, -0.2) is 15.0 Å². The predicted octanol–water partition coefficient (Wildman–Crippen LogP) is 9.25. The van der Waals surface area contributed by atoms with Crippen molar-refractivity contribution in [1.82, 2.24) is 29.9 Å². The van der Waals surface area contributed by atoms with Gasteiger partial charge < -0.3 is 30.2 Å². The van der Waals surface area contributed by atoms with Crippen LogP contribution in [0, 0.1) is 6.92 Å². The van der Waals surface area contributed by atoms with Gasteiger partial charge in [-0.15, -0.1) is 23.5 Å². The molecular formula is C44H37N9O6S2. The Balaban J connectivity index is 0.000000138. The van der Waals surface area contributed by atoms with Gasteiger partial charge in [0.2, 0.25) is 0 Å². The largest absolute Gasteiger partial charge is 0.507 e. The van der Waals surface area contributed by atoms with Crippen molar-refractivity contribution in [3.05, 3.63) is 114 Å². The number of oxime groups is 3. The summed E-state index contributed by atoms with van der Waals surface area (Å²) in [6.07, 6.45) is 13.0. The second-order valence-corrected chi connectivity index (χ2v) is 14.7. The van der Waals surface area contributed by atoms with Gasteiger partial charge in [-0.1, -0.05) is 21.5 Å². The van der Waals surface area contributed by atoms with Crippen LogP contribution in [0.4, 0.5) is 0 Å². The minimum Gasteiger partial charge on any atom is -0.507 e. The number of methoxy groups -OCH3 is 2. The lowest BCUT2D eigenvalue weighted by molar-refractivity contribution is 0.321. The summed E-state index contributed by atoms with van der Waals surface area (Å²) in [7, 11) is 3.21. The molecule has 0 radical (unpaired) electrons. The third-order valence-corrected chi connectivity index (χ3v) is 11.1. The van der Waals surface area contributed by atoms with Crippen molar-refractivity contribution < 1.29 is 30.2 Å². The van der Waals surface area contributed by atoms with Crippen molar-refractivity contribution >= 4 is 108 Å². The molecule has 4 N–H and O–H groups in total. The van der Waals surface area contributed by atoms with Gasteiger partial charge in [0.1, 0.15) is 33.8 Å². The number of hydrogen-bond donors (Lipinski definition) is 4. The maximum atomic E-state index is 10.1. The smallest absolute Gasteiger partial charge is 0.129 e. The average Bonchev–Trinajstić information content (AvgIpc) is 3.29. The molecule has 0 aliphatic rings. The van der Waals surface area contributed by atoms with Crippen LogP contribution in [0.2, 0.25) is 0 Å². The van der Waals surface area contributed by atoms with Gasteiger partial charge >= 0.3 is 0 Å². The van der Waals surface area contributed by atoms with Crippen LogP contribution in [-0.2, 0) is 0 Å². The zero-order valence-electron chi connectivity index (χ0n) is 33.3. The van der Waals surface area contributed by atoms with E-state index in [-0.39, 0.29) is 5.75 Å². The number of fused-ring (bicyclic) bond motifs is 9. The molecule has 6 heterocycles. The minimum absolute atomic E-state index is 0.0238. The molecule has 61 heavy (non-hydrogen) atoms. The molecule has 0 aliphatic carbocycles. The highest BCUT2D eigenvalue weighted by Crippen LogP contribution is 2.37. The maximum absolute atomic E-state index is 10.1. The Labute approximate surface area is 356 Å². The molecule has 0 fully saturated rings. The first kappa shape index (κ1) is 41.8. The summed E-state index contributed by atoms with van der Waals surface area (Å²) in [5, 5.41) is 50.6. The van der Waals surface area contributed by atoms with Gasteiger partial charge in [0, 0.05) is 66.8 Å². The van der Waals surface area contributed by atoms with Gasteiger partial charge in [0.05, 0.1) is 66.5 Å². The summed E-state index contributed by atoms with van der Waals surface area (Å²) >= 11 is 3.25. The molecule has 9 aromatic rings. The van der Waals surface area contributed by atoms with Crippen LogP contribution in [0.15, 0.2) is 117 Å². The van der Waals surface area contributed by atoms with Crippen LogP contribution in [0.1, 0.15) is 22.6 Å². The molecule has 0 bridgehead atoms. The quantitative estimate of drug-likeness (QED) is 0.0387. The first-order valence-corrected chi connectivity index (χ1v) is 20.7. The summed E-state index contributed by atoms with van der Waals surface area (Å²) in [5.74, 6) is 1.41. The highest BCUT2D eigenvalue weighted by atomic mass is 32.2. The van der Waals surface area contributed by atoms with Gasteiger partial charge in [0.25, 0.3) is 0 Å². The summed E-state index contributed by atoms with van der Waals surface area (Å²) in [6.45, 7) is 2.08. The lowest BCUT2D eigenvalue weighted by atomic mass is 10.0. The van der Waals surface area contributed by atoms with E-state index in [1.165, 1.54) is 24.1 Å². The van der Waals surface area contributed by atoms with E-state index >= 15 is 0 Å². The van der Waals surface area contributed by atoms with Crippen molar-refractivity contribution in [3.8, 4) is 17.2 Å². The van der Waals surface area contributed by atoms with Gasteiger partial charge in [-0.2, -0.15) is 0 Å². The van der Waals surface area contributed by atoms with Crippen molar-refractivity contribution in [1.29, 1.82) is 0 Å². The number of ether oxygens (including phenoxy) is 2. The summed E-state index contributed by atoms with van der Waals surface area (Å²) in [4.78, 5) is 28.8. The summed E-state index contributed by atoms with van der Waals surface area (Å²) in [6, 6.07) is 22.5. The van der Waals surface area contributed by atoms with Crippen LogP contribution < -0.4 is 9.47 Å². The number of hydrogen-bond acceptors (Lipinski definition) is 17. The molecule has 306 valence electrons. The highest BCUT2D eigenvalue weighted by molar-refractivity contribution is 7.99. The fraction of sp³-hybridized carbons (Fsp3) is 0.114. The Kier molecular flexibility index (Phi) is 12.8. The molecule has 0 saturated carbocycles. The van der Waals surface area contributed by atoms with Gasteiger partial charge in [0.15, 0.2) is 0 Å². The number of aryl methyl sites for hydroxylation is 1. The summed E-state index contributed by atoms with van der Waals surface area (Å²) < 4.78 is 10.8. The van der Waals surface area contributed by atoms with Crippen LogP contribution in [0.5, 0.6) is 17.2 Å². The Hall–Kier alpha value is -7.37. The molecular weight excluding hydrogens is 815 g/mol. The van der Waals surface area contributed by atoms with Crippen molar-refractivity contribution in [2.45, 2.75) is 16.7 Å². The minimum atomic E-state index is 0.0238. The second kappa shape index (κ2) is 18.7. The van der Waals surface area contributed by atoms with E-state index in [9.17, 15) is 5.11 Å². The van der Waals surface area contributed by atoms with E-state index in [1.54, 1.807) is 68.5 Å². The SMILES string of the molecule is COc1cc2c(O)cc(/C=N/O)nc2c2ncccc12.COc1cc2c(SC)cc(/C=N/O)nc2c2ncccc12.CSc1cc(/C=N/O)nc2c1c(C)cc1cccnc12. The van der Waals surface area contributed by atoms with E-state index < -0.39 is 0 Å². The normalized spacial score (nSPS) is 11.6. The third kappa shape index (κ3) is 8.41. The van der Waals surface area contributed by atoms with Crippen molar-refractivity contribution in [3.63, 3.8) is 0 Å². The van der Waals surface area contributed by atoms with E-state index in [0.717, 1.165) is 70.8 Å². The average molecular weight is 852 g/mol. The molecule has 0 aliphatic heterocycles. The second-order valence-electron chi connectivity index (χ2n) is 13.0. The third-order valence-electron chi connectivity index (χ3n) is 9.53. The van der Waals surface area contributed by atoms with Crippen LogP contribution in [0.3, 0.4) is 0 Å². The maximum Gasteiger partial charge on any atom is 0.129 e. The molecule has 0 spiro atoms. The van der Waals surface area contributed by atoms with E-state index in [2.05, 4.69) is 58.4 Å². The lowest BCUT2D eigenvalue weighted by Crippen LogP contribution is -1.95. The molecule has 3 aromatic carbocycles. The number of aromatic nitrogens is 6. The molecule has 9 rings (SSSR count). The predicted molar refractivity (Wildman–Crippen MR) is 242 cm³/mol. The Morgan fingerprint density at radius 1 is 0.541 bits per heavy atom. The fourth-order valence-corrected chi connectivity index (χ4v) is 8.25. The monoisotopic (exact) mass is 851 g/mol. The number of rotatable bonds is 7. The standard InChI is InChI=1S/C15H13N3O2S.C15H13N3OS.C14H11N3O3/c1-20-12-7-11-13(21-2)6-9(8-17-19)18-15(11)14-10(12)4-3-5-16-14;1-9-6-10-4-3-5-16-14(10)15-13(9)12(20-2)7-11(18-15)8-17-19;1-20-12-6-10-11(18)5-8(7-16-19)17-14(10)13-9(12)3-2-4-15-13/h3-8,19H,1-2H3;3-8,19H,1-2H3;2-7,19H,1H3,(H,17,18)/b2*17-8+;16-7+. The Bertz CT molecular complexity index is 3190. The van der Waals surface area contributed by atoms with Crippen LogP contribution in [0.25, 0.3) is 65.4 Å². The summed E-state index contributed by atoms with van der Waals surface area (Å²) in [5.41, 5.74) is 7.14. The zero-order valence-corrected chi connectivity index (χ0v) is 35.0. The first-order chi connectivity index (χ1) is 29.8.